The second kappa shape index (κ2) is 30.3. The minimum atomic E-state index is -0.820. The number of benzene rings is 1. The van der Waals surface area contributed by atoms with Gasteiger partial charge in [0.05, 0.1) is 89.0 Å². The monoisotopic (exact) mass is 845 g/mol. The fourth-order valence-electron chi connectivity index (χ4n) is 4.60. The number of nitrogens with zero attached hydrogens (tertiary/aromatic N) is 2. The molecule has 1 unspecified atom stereocenters. The molecule has 2 rings (SSSR count). The molecule has 0 aliphatic carbocycles. The van der Waals surface area contributed by atoms with E-state index in [4.69, 9.17) is 57.4 Å². The van der Waals surface area contributed by atoms with Crippen LogP contribution in [-0.4, -0.2) is 128 Å². The first-order chi connectivity index (χ1) is 27.2. The summed E-state index contributed by atoms with van der Waals surface area (Å²) >= 11 is 13.0. The first kappa shape index (κ1) is 51.2. The summed E-state index contributed by atoms with van der Waals surface area (Å²) in [5.41, 5.74) is 6.62. The lowest BCUT2D eigenvalue weighted by atomic mass is 10.0. The van der Waals surface area contributed by atoms with Gasteiger partial charge in [-0.15, -0.1) is 0 Å². The van der Waals surface area contributed by atoms with Crippen molar-refractivity contribution in [3.05, 3.63) is 51.6 Å². The molecule has 1 aromatic carbocycles. The summed E-state index contributed by atoms with van der Waals surface area (Å²) in [6.45, 7) is 12.5. The molecule has 57 heavy (non-hydrogen) atoms. The van der Waals surface area contributed by atoms with Crippen LogP contribution in [0.2, 0.25) is 10.0 Å². The molecule has 18 heteroatoms. The minimum Gasteiger partial charge on any atom is -0.488 e. The predicted octanol–water partition coefficient (Wildman–Crippen LogP) is 4.20. The van der Waals surface area contributed by atoms with Crippen molar-refractivity contribution in [2.75, 3.05) is 98.2 Å². The molecular formula is C39H61Cl2N5O11. The number of halogens is 2. The third-order valence-corrected chi connectivity index (χ3v) is 8.06. The Labute approximate surface area is 346 Å². The number of amides is 2. The summed E-state index contributed by atoms with van der Waals surface area (Å²) in [6, 6.07) is 6.23. The maximum atomic E-state index is 12.8. The molecule has 1 aromatic heterocycles. The zero-order chi connectivity index (χ0) is 42.5. The molecule has 1 heterocycles. The molecule has 0 saturated heterocycles. The number of nitrogens with one attached hydrogen (secondary N) is 2. The highest BCUT2D eigenvalue weighted by Gasteiger charge is 2.22. The van der Waals surface area contributed by atoms with Crippen LogP contribution in [0.5, 0.6) is 5.75 Å². The van der Waals surface area contributed by atoms with Gasteiger partial charge in [0.1, 0.15) is 18.0 Å². The summed E-state index contributed by atoms with van der Waals surface area (Å²) in [4.78, 5) is 53.3. The number of aromatic nitrogens is 1. The van der Waals surface area contributed by atoms with Crippen molar-refractivity contribution in [1.29, 1.82) is 0 Å². The molecule has 322 valence electrons. The number of carbonyl (C=O) groups excluding carboxylic acids is 4. The molecular weight excluding hydrogens is 785 g/mol. The number of unbranched alkanes of at least 4 members (excludes halogenated alkanes) is 1. The highest BCUT2D eigenvalue weighted by molar-refractivity contribution is 6.37. The summed E-state index contributed by atoms with van der Waals surface area (Å²) < 4.78 is 36.7. The van der Waals surface area contributed by atoms with Gasteiger partial charge in [-0.25, -0.2) is 4.98 Å². The van der Waals surface area contributed by atoms with Crippen LogP contribution in [0.4, 0.5) is 5.82 Å². The first-order valence-electron chi connectivity index (χ1n) is 18.7. The van der Waals surface area contributed by atoms with Gasteiger partial charge in [0.25, 0.3) is 6.47 Å². The van der Waals surface area contributed by atoms with Gasteiger partial charge in [0, 0.05) is 32.8 Å². The Kier molecular flexibility index (Phi) is 27.3. The summed E-state index contributed by atoms with van der Waals surface area (Å²) in [6.07, 6.45) is 3.27. The Morgan fingerprint density at radius 2 is 1.47 bits per heavy atom. The van der Waals surface area contributed by atoms with Crippen LogP contribution in [0, 0.1) is 6.92 Å². The number of hydrogen-bond donors (Lipinski definition) is 3. The van der Waals surface area contributed by atoms with E-state index in [1.54, 1.807) is 18.3 Å². The van der Waals surface area contributed by atoms with E-state index in [-0.39, 0.29) is 59.9 Å². The highest BCUT2D eigenvalue weighted by atomic mass is 35.5. The Morgan fingerprint density at radius 1 is 0.895 bits per heavy atom. The van der Waals surface area contributed by atoms with Crippen molar-refractivity contribution >= 4 is 53.3 Å². The Balaban J connectivity index is 0.00000211. The van der Waals surface area contributed by atoms with E-state index in [9.17, 15) is 19.2 Å². The van der Waals surface area contributed by atoms with Crippen molar-refractivity contribution in [2.45, 2.75) is 65.0 Å². The number of nitrogens with two attached hydrogens (primary N) is 1. The maximum Gasteiger partial charge on any atom is 0.307 e. The first-order valence-corrected chi connectivity index (χ1v) is 19.5. The fraction of sp³-hybridized carbons (Fsp3) is 0.615. The molecule has 0 aliphatic heterocycles. The third kappa shape index (κ3) is 25.3. The molecule has 0 bridgehead atoms. The van der Waals surface area contributed by atoms with E-state index in [1.807, 2.05) is 51.8 Å². The van der Waals surface area contributed by atoms with Crippen molar-refractivity contribution in [3.63, 3.8) is 0 Å². The minimum absolute atomic E-state index is 0.174. The average Bonchev–Trinajstić information content (AvgIpc) is 3.16. The molecule has 16 nitrogen and oxygen atoms in total. The number of hydrogen-bond acceptors (Lipinski definition) is 14. The smallest absolute Gasteiger partial charge is 0.307 e. The van der Waals surface area contributed by atoms with Crippen LogP contribution in [0.3, 0.4) is 0 Å². The Morgan fingerprint density at radius 3 is 1.98 bits per heavy atom. The number of methoxy groups -OCH3 is 1. The van der Waals surface area contributed by atoms with Gasteiger partial charge in [-0.05, 0) is 75.9 Å². The Bertz CT molecular complexity index is 1440. The zero-order valence-corrected chi connectivity index (χ0v) is 35.6. The van der Waals surface area contributed by atoms with Gasteiger partial charge in [-0.3, -0.25) is 19.2 Å². The van der Waals surface area contributed by atoms with Crippen molar-refractivity contribution < 1.29 is 52.3 Å². The highest BCUT2D eigenvalue weighted by Crippen LogP contribution is 2.36. The lowest BCUT2D eigenvalue weighted by Crippen LogP contribution is -2.39. The quantitative estimate of drug-likeness (QED) is 0.0626. The van der Waals surface area contributed by atoms with Crippen molar-refractivity contribution in [3.8, 4) is 5.75 Å². The van der Waals surface area contributed by atoms with Crippen LogP contribution in [-0.2, 0) is 47.6 Å². The van der Waals surface area contributed by atoms with Crippen LogP contribution in [0.1, 0.15) is 63.6 Å². The number of esters is 1. The van der Waals surface area contributed by atoms with Gasteiger partial charge >= 0.3 is 5.97 Å². The topological polar surface area (TPSA) is 199 Å². The molecule has 2 amide bonds. The second-order valence-electron chi connectivity index (χ2n) is 13.5. The normalized spacial score (nSPS) is 11.5. The SMILES string of the molecule is CC(C)(C)OC=O.COC(=O)CC(NC(=O)CNC(=O)CCCCN(C)c1cc(C)ccn1)c1cc(Cl)c(OCCOCCOCCOCCOCCN)c(Cl)c1. The molecule has 2 aromatic rings. The fourth-order valence-corrected chi connectivity index (χ4v) is 5.22. The number of carbonyl (C=O) groups is 4. The largest absolute Gasteiger partial charge is 0.488 e. The molecule has 0 spiro atoms. The van der Waals surface area contributed by atoms with Gasteiger partial charge in [-0.1, -0.05) is 23.2 Å². The summed E-state index contributed by atoms with van der Waals surface area (Å²) in [5, 5.41) is 5.75. The number of pyridine rings is 1. The lowest BCUT2D eigenvalue weighted by molar-refractivity contribution is -0.141. The third-order valence-electron chi connectivity index (χ3n) is 7.50. The number of rotatable bonds is 28. The Hall–Kier alpha value is -3.77. The van der Waals surface area contributed by atoms with Crippen molar-refractivity contribution in [1.82, 2.24) is 15.6 Å². The van der Waals surface area contributed by atoms with E-state index < -0.39 is 17.9 Å². The molecule has 0 saturated carbocycles. The van der Waals surface area contributed by atoms with Gasteiger partial charge in [-0.2, -0.15) is 0 Å². The average molecular weight is 847 g/mol. The molecule has 0 radical (unpaired) electrons. The van der Waals surface area contributed by atoms with Gasteiger partial charge in [0.2, 0.25) is 11.8 Å². The molecule has 1 atom stereocenters. The van der Waals surface area contributed by atoms with Crippen molar-refractivity contribution in [2.24, 2.45) is 5.73 Å². The summed E-state index contributed by atoms with van der Waals surface area (Å²) in [7, 11) is 3.20. The van der Waals surface area contributed by atoms with E-state index in [2.05, 4.69) is 20.4 Å². The molecule has 4 N–H and O–H groups in total. The van der Waals surface area contributed by atoms with Crippen LogP contribution >= 0.6 is 23.2 Å². The van der Waals surface area contributed by atoms with E-state index in [0.717, 1.165) is 24.3 Å². The van der Waals surface area contributed by atoms with E-state index in [1.165, 1.54) is 7.11 Å². The number of aryl methyl sites for hydroxylation is 1. The van der Waals surface area contributed by atoms with E-state index >= 15 is 0 Å². The standard InChI is InChI=1S/C34H51Cl2N5O9.C5H10O2/c1-25-7-9-38-30(20-25)41(2)10-5-4-6-31(42)39-24-32(43)40-29(23-33(44)45-3)26-21-27(35)34(28(36)22-26)50-19-18-49-17-16-48-15-14-47-13-12-46-11-8-37;1-5(2,3)7-4-6/h7,9,20-22,29H,4-6,8,10-19,23-24,37H2,1-3H3,(H,39,42)(H,40,43);4H,1-3H3. The van der Waals surface area contributed by atoms with Crippen LogP contribution in [0.15, 0.2) is 30.5 Å². The van der Waals surface area contributed by atoms with Crippen LogP contribution < -0.4 is 26.0 Å². The van der Waals surface area contributed by atoms with Gasteiger partial charge < -0.3 is 54.4 Å². The lowest BCUT2D eigenvalue weighted by Gasteiger charge is -2.20. The summed E-state index contributed by atoms with van der Waals surface area (Å²) in [5.74, 6) is -0.191. The van der Waals surface area contributed by atoms with Gasteiger partial charge in [0.15, 0.2) is 5.75 Å². The van der Waals surface area contributed by atoms with Crippen LogP contribution in [0.25, 0.3) is 0 Å². The van der Waals surface area contributed by atoms with E-state index in [0.29, 0.717) is 71.2 Å². The predicted molar refractivity (Wildman–Crippen MR) is 218 cm³/mol. The second-order valence-corrected chi connectivity index (χ2v) is 14.3. The number of ether oxygens (including phenoxy) is 7. The maximum absolute atomic E-state index is 12.8. The number of anilines is 1. The molecule has 0 aliphatic rings. The molecule has 0 fully saturated rings. The zero-order valence-electron chi connectivity index (χ0n) is 34.1.